The van der Waals surface area contributed by atoms with E-state index in [0.29, 0.717) is 6.10 Å². The van der Waals surface area contributed by atoms with E-state index in [1.54, 1.807) is 0 Å². The lowest BCUT2D eigenvalue weighted by molar-refractivity contribution is 0.227. The summed E-state index contributed by atoms with van der Waals surface area (Å²) < 4.78 is 5.82. The molecule has 1 atom stereocenters. The second-order valence-corrected chi connectivity index (χ2v) is 4.53. The third-order valence-corrected chi connectivity index (χ3v) is 3.09. The second kappa shape index (κ2) is 6.12. The van der Waals surface area contributed by atoms with Crippen molar-refractivity contribution in [2.24, 2.45) is 0 Å². The zero-order valence-electron chi connectivity index (χ0n) is 9.42. The molecule has 0 saturated carbocycles. The molecule has 3 heteroatoms. The van der Waals surface area contributed by atoms with Crippen molar-refractivity contribution < 1.29 is 4.74 Å². The van der Waals surface area contributed by atoms with Crippen molar-refractivity contribution in [1.29, 1.82) is 0 Å². The number of alkyl halides is 1. The van der Waals surface area contributed by atoms with E-state index in [4.69, 9.17) is 16.3 Å². The number of hydrogen-bond acceptors (Lipinski definition) is 2. The zero-order chi connectivity index (χ0) is 11.2. The van der Waals surface area contributed by atoms with Crippen LogP contribution in [0.15, 0.2) is 24.3 Å². The van der Waals surface area contributed by atoms with Crippen LogP contribution in [0.5, 0.6) is 5.75 Å². The average Bonchev–Trinajstić information content (AvgIpc) is 2.71. The first-order valence-corrected chi connectivity index (χ1v) is 6.45. The molecular weight excluding hydrogens is 222 g/mol. The molecule has 1 aromatic rings. The lowest BCUT2D eigenvalue weighted by Gasteiger charge is -2.11. The lowest BCUT2D eigenvalue weighted by atomic mass is 10.1. The average molecular weight is 240 g/mol. The molecule has 1 aromatic carbocycles. The van der Waals surface area contributed by atoms with Crippen LogP contribution < -0.4 is 10.1 Å². The van der Waals surface area contributed by atoms with Crippen molar-refractivity contribution >= 4 is 11.6 Å². The maximum atomic E-state index is 5.82. The van der Waals surface area contributed by atoms with E-state index in [1.165, 1.54) is 5.56 Å². The van der Waals surface area contributed by atoms with Gasteiger partial charge in [0.1, 0.15) is 11.9 Å². The predicted octanol–water partition coefficient (Wildman–Crippen LogP) is 2.60. The molecule has 0 aromatic heterocycles. The number of benzene rings is 1. The molecule has 16 heavy (non-hydrogen) atoms. The highest BCUT2D eigenvalue weighted by molar-refractivity contribution is 6.17. The first kappa shape index (κ1) is 11.7. The van der Waals surface area contributed by atoms with Crippen LogP contribution in [0.2, 0.25) is 0 Å². The molecule has 0 radical (unpaired) electrons. The van der Waals surface area contributed by atoms with Gasteiger partial charge in [-0.15, -0.1) is 11.6 Å². The van der Waals surface area contributed by atoms with Crippen molar-refractivity contribution in [3.63, 3.8) is 0 Å². The number of para-hydroxylation sites is 1. The lowest BCUT2D eigenvalue weighted by Crippen LogP contribution is -2.30. The molecule has 1 unspecified atom stereocenters. The Balaban J connectivity index is 1.67. The summed E-state index contributed by atoms with van der Waals surface area (Å²) in [6.07, 6.45) is 3.55. The topological polar surface area (TPSA) is 21.3 Å². The zero-order valence-corrected chi connectivity index (χ0v) is 10.2. The highest BCUT2D eigenvalue weighted by Crippen LogP contribution is 2.27. The van der Waals surface area contributed by atoms with Crippen LogP contribution in [-0.4, -0.2) is 25.1 Å². The predicted molar refractivity (Wildman–Crippen MR) is 67.4 cm³/mol. The van der Waals surface area contributed by atoms with Gasteiger partial charge in [-0.25, -0.2) is 0 Å². The van der Waals surface area contributed by atoms with Gasteiger partial charge in [0.2, 0.25) is 0 Å². The maximum absolute atomic E-state index is 5.82. The minimum absolute atomic E-state index is 0.299. The Morgan fingerprint density at radius 2 is 2.19 bits per heavy atom. The molecular formula is C13H18ClNO. The van der Waals surface area contributed by atoms with Crippen molar-refractivity contribution in [2.75, 3.05) is 19.0 Å². The van der Waals surface area contributed by atoms with Gasteiger partial charge in [-0.05, 0) is 31.0 Å². The number of fused-ring (bicyclic) bond motifs is 1. The molecule has 1 aliphatic heterocycles. The standard InChI is InChI=1S/C13H18ClNO/c14-7-3-4-8-15-10-12-9-11-5-1-2-6-13(11)16-12/h1-2,5-6,12,15H,3-4,7-10H2. The Morgan fingerprint density at radius 1 is 1.31 bits per heavy atom. The Hall–Kier alpha value is -0.730. The highest BCUT2D eigenvalue weighted by atomic mass is 35.5. The summed E-state index contributed by atoms with van der Waals surface area (Å²) in [5.74, 6) is 1.81. The molecule has 0 spiro atoms. The van der Waals surface area contributed by atoms with Gasteiger partial charge < -0.3 is 10.1 Å². The van der Waals surface area contributed by atoms with Crippen molar-refractivity contribution in [3.05, 3.63) is 29.8 Å². The molecule has 0 aliphatic carbocycles. The summed E-state index contributed by atoms with van der Waals surface area (Å²) in [6, 6.07) is 8.28. The highest BCUT2D eigenvalue weighted by Gasteiger charge is 2.21. The van der Waals surface area contributed by atoms with Gasteiger partial charge in [0.15, 0.2) is 0 Å². The Kier molecular flexibility index (Phi) is 4.49. The van der Waals surface area contributed by atoms with Gasteiger partial charge in [-0.1, -0.05) is 18.2 Å². The maximum Gasteiger partial charge on any atom is 0.123 e. The van der Waals surface area contributed by atoms with Crippen LogP contribution >= 0.6 is 11.6 Å². The van der Waals surface area contributed by atoms with Crippen LogP contribution in [0.25, 0.3) is 0 Å². The summed E-state index contributed by atoms with van der Waals surface area (Å²) in [6.45, 7) is 1.96. The van der Waals surface area contributed by atoms with Crippen LogP contribution in [0.1, 0.15) is 18.4 Å². The van der Waals surface area contributed by atoms with E-state index < -0.39 is 0 Å². The van der Waals surface area contributed by atoms with E-state index in [1.807, 2.05) is 12.1 Å². The monoisotopic (exact) mass is 239 g/mol. The molecule has 2 rings (SSSR count). The normalized spacial score (nSPS) is 18.2. The van der Waals surface area contributed by atoms with Gasteiger partial charge in [0, 0.05) is 18.8 Å². The fraction of sp³-hybridized carbons (Fsp3) is 0.538. The van der Waals surface area contributed by atoms with Crippen LogP contribution in [0.4, 0.5) is 0 Å². The summed E-state index contributed by atoms with van der Waals surface area (Å²) in [5.41, 5.74) is 1.33. The molecule has 0 amide bonds. The largest absolute Gasteiger partial charge is 0.488 e. The molecule has 1 N–H and O–H groups in total. The van der Waals surface area contributed by atoms with Gasteiger partial charge in [0.25, 0.3) is 0 Å². The van der Waals surface area contributed by atoms with Crippen LogP contribution in [-0.2, 0) is 6.42 Å². The summed E-state index contributed by atoms with van der Waals surface area (Å²) >= 11 is 5.62. The van der Waals surface area contributed by atoms with Gasteiger partial charge >= 0.3 is 0 Å². The minimum Gasteiger partial charge on any atom is -0.488 e. The number of ether oxygens (including phenoxy) is 1. The van der Waals surface area contributed by atoms with Crippen molar-refractivity contribution in [2.45, 2.75) is 25.4 Å². The molecule has 1 heterocycles. The first-order chi connectivity index (χ1) is 7.90. The third-order valence-electron chi connectivity index (χ3n) is 2.82. The fourth-order valence-corrected chi connectivity index (χ4v) is 2.16. The summed E-state index contributed by atoms with van der Waals surface area (Å²) in [4.78, 5) is 0. The Bertz CT molecular complexity index is 304. The van der Waals surface area contributed by atoms with E-state index in [2.05, 4.69) is 17.4 Å². The molecule has 0 fully saturated rings. The van der Waals surface area contributed by atoms with Crippen molar-refractivity contribution in [1.82, 2.24) is 5.32 Å². The third kappa shape index (κ3) is 3.13. The van der Waals surface area contributed by atoms with E-state index in [-0.39, 0.29) is 0 Å². The molecule has 88 valence electrons. The van der Waals surface area contributed by atoms with Crippen LogP contribution in [0.3, 0.4) is 0 Å². The van der Waals surface area contributed by atoms with E-state index in [0.717, 1.165) is 44.0 Å². The molecule has 0 bridgehead atoms. The Labute approximate surface area is 102 Å². The fourth-order valence-electron chi connectivity index (χ4n) is 1.98. The second-order valence-electron chi connectivity index (χ2n) is 4.15. The summed E-state index contributed by atoms with van der Waals surface area (Å²) in [7, 11) is 0. The number of nitrogens with one attached hydrogen (secondary N) is 1. The number of hydrogen-bond donors (Lipinski definition) is 1. The number of unbranched alkanes of at least 4 members (excludes halogenated alkanes) is 1. The van der Waals surface area contributed by atoms with E-state index in [9.17, 15) is 0 Å². The first-order valence-electron chi connectivity index (χ1n) is 5.91. The molecule has 0 saturated heterocycles. The summed E-state index contributed by atoms with van der Waals surface area (Å²) in [5, 5.41) is 3.41. The van der Waals surface area contributed by atoms with E-state index >= 15 is 0 Å². The minimum atomic E-state index is 0.299. The van der Waals surface area contributed by atoms with Gasteiger partial charge in [-0.3, -0.25) is 0 Å². The number of halogens is 1. The van der Waals surface area contributed by atoms with Crippen LogP contribution in [0, 0.1) is 0 Å². The number of rotatable bonds is 6. The molecule has 2 nitrogen and oxygen atoms in total. The van der Waals surface area contributed by atoms with Gasteiger partial charge in [-0.2, -0.15) is 0 Å². The Morgan fingerprint density at radius 3 is 3.00 bits per heavy atom. The SMILES string of the molecule is ClCCCCNCC1Cc2ccccc2O1. The molecule has 1 aliphatic rings. The smallest absolute Gasteiger partial charge is 0.123 e. The quantitative estimate of drug-likeness (QED) is 0.609. The van der Waals surface area contributed by atoms with Gasteiger partial charge in [0.05, 0.1) is 0 Å². The van der Waals surface area contributed by atoms with Crippen molar-refractivity contribution in [3.8, 4) is 5.75 Å².